The van der Waals surface area contributed by atoms with Crippen LogP contribution in [0.1, 0.15) is 28.6 Å². The molecule has 1 aliphatic rings. The zero-order chi connectivity index (χ0) is 11.7. The maximum absolute atomic E-state index is 10.1. The van der Waals surface area contributed by atoms with E-state index in [0.717, 1.165) is 11.3 Å². The second kappa shape index (κ2) is 4.35. The van der Waals surface area contributed by atoms with Crippen LogP contribution in [-0.2, 0) is 24.4 Å². The van der Waals surface area contributed by atoms with Crippen molar-refractivity contribution < 1.29 is 14.3 Å². The molecule has 0 aliphatic carbocycles. The Labute approximate surface area is 99.6 Å². The predicted molar refractivity (Wildman–Crippen MR) is 62.3 cm³/mol. The Balaban J connectivity index is 1.79. The van der Waals surface area contributed by atoms with Crippen molar-refractivity contribution in [3.05, 3.63) is 59.0 Å². The second-order valence-electron chi connectivity index (χ2n) is 4.32. The van der Waals surface area contributed by atoms with Crippen LogP contribution in [0.25, 0.3) is 0 Å². The van der Waals surface area contributed by atoms with Crippen LogP contribution in [-0.4, -0.2) is 5.11 Å². The molecule has 3 nitrogen and oxygen atoms in total. The smallest absolute Gasteiger partial charge is 0.106 e. The molecule has 0 saturated heterocycles. The number of hydrogen-bond donors (Lipinski definition) is 1. The molecule has 1 aromatic heterocycles. The molecule has 2 aromatic rings. The number of rotatable bonds is 3. The molecular formula is C14H14O3. The number of furan rings is 1. The minimum absolute atomic E-state index is 0.507. The second-order valence-corrected chi connectivity index (χ2v) is 4.32. The summed E-state index contributed by atoms with van der Waals surface area (Å²) < 4.78 is 10.6. The van der Waals surface area contributed by atoms with E-state index in [1.54, 1.807) is 6.26 Å². The summed E-state index contributed by atoms with van der Waals surface area (Å²) in [6.07, 6.45) is 1.61. The lowest BCUT2D eigenvalue weighted by Crippen LogP contribution is -2.02. The SMILES string of the molecule is OC(Cc1ccco1)c1ccc2c(c1)COC2. The first kappa shape index (κ1) is 10.6. The molecule has 3 rings (SSSR count). The molecular weight excluding hydrogens is 216 g/mol. The largest absolute Gasteiger partial charge is 0.469 e. The molecule has 0 fully saturated rings. The third-order valence-corrected chi connectivity index (χ3v) is 3.10. The first-order valence-electron chi connectivity index (χ1n) is 5.73. The van der Waals surface area contributed by atoms with Gasteiger partial charge in [-0.05, 0) is 28.8 Å². The molecule has 1 aromatic carbocycles. The fourth-order valence-electron chi connectivity index (χ4n) is 2.14. The standard InChI is InChI=1S/C14H14O3/c15-14(7-13-2-1-5-17-13)10-3-4-11-8-16-9-12(11)6-10/h1-6,14-15H,7-9H2. The summed E-state index contributed by atoms with van der Waals surface area (Å²) in [4.78, 5) is 0. The molecule has 1 unspecified atom stereocenters. The van der Waals surface area contributed by atoms with Gasteiger partial charge in [-0.3, -0.25) is 0 Å². The fourth-order valence-corrected chi connectivity index (χ4v) is 2.14. The van der Waals surface area contributed by atoms with Crippen molar-refractivity contribution in [3.63, 3.8) is 0 Å². The van der Waals surface area contributed by atoms with Crippen molar-refractivity contribution in [3.8, 4) is 0 Å². The van der Waals surface area contributed by atoms with E-state index in [-0.39, 0.29) is 0 Å². The van der Waals surface area contributed by atoms with Crippen LogP contribution in [0.4, 0.5) is 0 Å². The molecule has 0 amide bonds. The molecule has 0 bridgehead atoms. The van der Waals surface area contributed by atoms with Gasteiger partial charge >= 0.3 is 0 Å². The Morgan fingerprint density at radius 2 is 2.06 bits per heavy atom. The number of ether oxygens (including phenoxy) is 1. The quantitative estimate of drug-likeness (QED) is 0.881. The number of aliphatic hydroxyl groups excluding tert-OH is 1. The van der Waals surface area contributed by atoms with Crippen LogP contribution < -0.4 is 0 Å². The minimum Gasteiger partial charge on any atom is -0.469 e. The molecule has 17 heavy (non-hydrogen) atoms. The van der Waals surface area contributed by atoms with E-state index in [9.17, 15) is 5.11 Å². The van der Waals surface area contributed by atoms with E-state index in [1.807, 2.05) is 30.3 Å². The van der Waals surface area contributed by atoms with Gasteiger partial charge in [0, 0.05) is 6.42 Å². The summed E-state index contributed by atoms with van der Waals surface area (Å²) in [5.41, 5.74) is 3.32. The van der Waals surface area contributed by atoms with Gasteiger partial charge in [-0.15, -0.1) is 0 Å². The Hall–Kier alpha value is -1.58. The van der Waals surface area contributed by atoms with E-state index in [0.29, 0.717) is 19.6 Å². The molecule has 1 aliphatic heterocycles. The van der Waals surface area contributed by atoms with Gasteiger partial charge < -0.3 is 14.3 Å². The van der Waals surface area contributed by atoms with Gasteiger partial charge in [-0.2, -0.15) is 0 Å². The molecule has 0 spiro atoms. The Kier molecular flexibility index (Phi) is 2.71. The van der Waals surface area contributed by atoms with Crippen LogP contribution in [0.2, 0.25) is 0 Å². The highest BCUT2D eigenvalue weighted by Gasteiger charge is 2.15. The maximum atomic E-state index is 10.1. The Morgan fingerprint density at radius 1 is 1.18 bits per heavy atom. The van der Waals surface area contributed by atoms with Gasteiger partial charge in [-0.25, -0.2) is 0 Å². The third kappa shape index (κ3) is 2.12. The van der Waals surface area contributed by atoms with Gasteiger partial charge in [0.1, 0.15) is 5.76 Å². The number of fused-ring (bicyclic) bond motifs is 1. The summed E-state index contributed by atoms with van der Waals surface area (Å²) in [6, 6.07) is 9.72. The van der Waals surface area contributed by atoms with Crippen LogP contribution >= 0.6 is 0 Å². The van der Waals surface area contributed by atoms with E-state index in [1.165, 1.54) is 11.1 Å². The topological polar surface area (TPSA) is 42.6 Å². The van der Waals surface area contributed by atoms with E-state index in [2.05, 4.69) is 0 Å². The fraction of sp³-hybridized carbons (Fsp3) is 0.286. The molecule has 1 N–H and O–H groups in total. The monoisotopic (exact) mass is 230 g/mol. The summed E-state index contributed by atoms with van der Waals surface area (Å²) >= 11 is 0. The Morgan fingerprint density at radius 3 is 2.88 bits per heavy atom. The summed E-state index contributed by atoms with van der Waals surface area (Å²) in [5.74, 6) is 0.800. The van der Waals surface area contributed by atoms with Gasteiger partial charge in [-0.1, -0.05) is 18.2 Å². The normalized spacial score (nSPS) is 15.8. The lowest BCUT2D eigenvalue weighted by Gasteiger charge is -2.10. The van der Waals surface area contributed by atoms with Gasteiger partial charge in [0.25, 0.3) is 0 Å². The van der Waals surface area contributed by atoms with Crippen molar-refractivity contribution >= 4 is 0 Å². The number of benzene rings is 1. The Bertz CT molecular complexity index is 502. The minimum atomic E-state index is -0.521. The first-order chi connectivity index (χ1) is 8.33. The lowest BCUT2D eigenvalue weighted by atomic mass is 10.0. The van der Waals surface area contributed by atoms with Crippen molar-refractivity contribution in [2.24, 2.45) is 0 Å². The first-order valence-corrected chi connectivity index (χ1v) is 5.73. The average molecular weight is 230 g/mol. The number of aliphatic hydroxyl groups is 1. The van der Waals surface area contributed by atoms with Crippen LogP contribution in [0, 0.1) is 0 Å². The predicted octanol–water partition coefficient (Wildman–Crippen LogP) is 2.59. The van der Waals surface area contributed by atoms with Crippen LogP contribution in [0.15, 0.2) is 41.0 Å². The summed E-state index contributed by atoms with van der Waals surface area (Å²) in [5, 5.41) is 10.1. The summed E-state index contributed by atoms with van der Waals surface area (Å²) in [7, 11) is 0. The lowest BCUT2D eigenvalue weighted by molar-refractivity contribution is 0.134. The highest BCUT2D eigenvalue weighted by molar-refractivity contribution is 5.34. The van der Waals surface area contributed by atoms with Crippen molar-refractivity contribution in [2.75, 3.05) is 0 Å². The van der Waals surface area contributed by atoms with Crippen molar-refractivity contribution in [1.29, 1.82) is 0 Å². The zero-order valence-electron chi connectivity index (χ0n) is 9.43. The molecule has 0 radical (unpaired) electrons. The maximum Gasteiger partial charge on any atom is 0.106 e. The molecule has 3 heteroatoms. The van der Waals surface area contributed by atoms with Gasteiger partial charge in [0.15, 0.2) is 0 Å². The van der Waals surface area contributed by atoms with Crippen LogP contribution in [0.3, 0.4) is 0 Å². The molecule has 1 atom stereocenters. The van der Waals surface area contributed by atoms with Crippen LogP contribution in [0.5, 0.6) is 0 Å². The van der Waals surface area contributed by atoms with E-state index >= 15 is 0 Å². The highest BCUT2D eigenvalue weighted by Crippen LogP contribution is 2.25. The number of hydrogen-bond acceptors (Lipinski definition) is 3. The summed E-state index contributed by atoms with van der Waals surface area (Å²) in [6.45, 7) is 1.33. The molecule has 2 heterocycles. The highest BCUT2D eigenvalue weighted by atomic mass is 16.5. The van der Waals surface area contributed by atoms with Gasteiger partial charge in [0.2, 0.25) is 0 Å². The van der Waals surface area contributed by atoms with Crippen molar-refractivity contribution in [1.82, 2.24) is 0 Å². The van der Waals surface area contributed by atoms with E-state index < -0.39 is 6.10 Å². The molecule has 0 saturated carbocycles. The average Bonchev–Trinajstić information content (AvgIpc) is 2.97. The zero-order valence-corrected chi connectivity index (χ0v) is 9.43. The van der Waals surface area contributed by atoms with E-state index in [4.69, 9.17) is 9.15 Å². The van der Waals surface area contributed by atoms with Crippen molar-refractivity contribution in [2.45, 2.75) is 25.7 Å². The molecule has 88 valence electrons. The van der Waals surface area contributed by atoms with Gasteiger partial charge in [0.05, 0.1) is 25.6 Å². The third-order valence-electron chi connectivity index (χ3n) is 3.10.